The molecule has 0 spiro atoms. The van der Waals surface area contributed by atoms with Gasteiger partial charge >= 0.3 is 6.09 Å². The van der Waals surface area contributed by atoms with E-state index in [1.165, 1.54) is 12.1 Å². The Balaban J connectivity index is 1.36. The number of anilines is 2. The summed E-state index contributed by atoms with van der Waals surface area (Å²) >= 11 is 0. The van der Waals surface area contributed by atoms with Crippen molar-refractivity contribution in [3.63, 3.8) is 0 Å². The van der Waals surface area contributed by atoms with Crippen LogP contribution in [0.4, 0.5) is 20.8 Å². The quantitative estimate of drug-likeness (QED) is 0.216. The number of carbonyl (C=O) groups is 1. The Morgan fingerprint density at radius 2 is 1.71 bits per heavy atom. The summed E-state index contributed by atoms with van der Waals surface area (Å²) in [6.45, 7) is 11.1. The maximum atomic E-state index is 13.3. The molecule has 4 rings (SSSR count). The summed E-state index contributed by atoms with van der Waals surface area (Å²) < 4.78 is 18.5. The number of alkyl carbamates (subject to hydrolysis) is 1. The lowest BCUT2D eigenvalue weighted by atomic mass is 9.84. The predicted molar refractivity (Wildman–Crippen MR) is 148 cm³/mol. The number of hydrogen-bond acceptors (Lipinski definition) is 7. The highest BCUT2D eigenvalue weighted by atomic mass is 19.1. The van der Waals surface area contributed by atoms with Gasteiger partial charge in [0, 0.05) is 36.0 Å². The van der Waals surface area contributed by atoms with E-state index in [4.69, 9.17) is 4.74 Å². The van der Waals surface area contributed by atoms with Crippen LogP contribution in [-0.4, -0.2) is 51.7 Å². The van der Waals surface area contributed by atoms with E-state index in [0.29, 0.717) is 31.3 Å². The molecule has 2 aromatic carbocycles. The number of H-pyrrole nitrogens is 1. The number of carbonyl (C=O) groups excluding carboxylic acids is 1. The van der Waals surface area contributed by atoms with Crippen molar-refractivity contribution >= 4 is 28.6 Å². The fourth-order valence-electron chi connectivity index (χ4n) is 3.86. The van der Waals surface area contributed by atoms with Crippen LogP contribution in [0.2, 0.25) is 0 Å². The fourth-order valence-corrected chi connectivity index (χ4v) is 3.86. The lowest BCUT2D eigenvalue weighted by Crippen LogP contribution is -2.35. The first-order chi connectivity index (χ1) is 18.0. The average Bonchev–Trinajstić information content (AvgIpc) is 3.27. The molecule has 9 nitrogen and oxygen atoms in total. The van der Waals surface area contributed by atoms with Crippen molar-refractivity contribution in [2.24, 2.45) is 0 Å². The molecule has 1 amide bonds. The summed E-state index contributed by atoms with van der Waals surface area (Å²) in [5, 5.41) is 26.3. The van der Waals surface area contributed by atoms with Gasteiger partial charge in [0.2, 0.25) is 0 Å². The summed E-state index contributed by atoms with van der Waals surface area (Å²) in [5.41, 5.74) is 2.80. The lowest BCUT2D eigenvalue weighted by Gasteiger charge is -2.25. The average molecular weight is 520 g/mol. The Morgan fingerprint density at radius 1 is 0.947 bits per heavy atom. The van der Waals surface area contributed by atoms with Crippen LogP contribution >= 0.6 is 0 Å². The summed E-state index contributed by atoms with van der Waals surface area (Å²) in [5.74, 6) is 1.10. The van der Waals surface area contributed by atoms with Gasteiger partial charge in [0.1, 0.15) is 17.2 Å². The zero-order valence-electron chi connectivity index (χ0n) is 22.4. The molecular formula is C28H34FN7O2. The zero-order valence-corrected chi connectivity index (χ0v) is 22.4. The Bertz CT molecular complexity index is 1380. The van der Waals surface area contributed by atoms with E-state index in [1.807, 2.05) is 51.1 Å². The molecule has 4 N–H and O–H groups in total. The van der Waals surface area contributed by atoms with Crippen molar-refractivity contribution in [1.82, 2.24) is 25.7 Å². The fraction of sp³-hybridized carbons (Fsp3) is 0.357. The second-order valence-corrected chi connectivity index (χ2v) is 10.7. The van der Waals surface area contributed by atoms with E-state index in [1.54, 1.807) is 12.1 Å². The first-order valence-corrected chi connectivity index (χ1v) is 12.5. The third kappa shape index (κ3) is 6.96. The predicted octanol–water partition coefficient (Wildman–Crippen LogP) is 5.49. The summed E-state index contributed by atoms with van der Waals surface area (Å²) in [4.78, 5) is 11.8. The first kappa shape index (κ1) is 26.8. The van der Waals surface area contributed by atoms with Crippen molar-refractivity contribution in [2.75, 3.05) is 30.3 Å². The van der Waals surface area contributed by atoms with Gasteiger partial charge in [-0.1, -0.05) is 32.0 Å². The standard InChI is InChI=1S/C28H34FN7O2/c1-27(2,3)38-26(37)31-15-14-30-25-21-16-18(6-11-23(21)34-36-25)22-12-13-24(35-33-22)32-17-28(4,5)19-7-9-20(29)10-8-19/h6-13,16H,14-15,17H2,1-5H3,(H,31,37)(H,32,35)(H2,30,34,36). The third-order valence-corrected chi connectivity index (χ3v) is 5.95. The summed E-state index contributed by atoms with van der Waals surface area (Å²) in [6, 6.07) is 16.3. The van der Waals surface area contributed by atoms with E-state index in [9.17, 15) is 9.18 Å². The molecule has 0 unspecified atom stereocenters. The maximum absolute atomic E-state index is 13.3. The number of nitrogens with zero attached hydrogens (tertiary/aromatic N) is 3. The SMILES string of the molecule is CC(C)(C)OC(=O)NCCNc1n[nH]c2ccc(-c3ccc(NCC(C)(C)c4ccc(F)cc4)nn3)cc12. The molecular weight excluding hydrogens is 485 g/mol. The molecule has 4 aromatic rings. The molecule has 0 saturated carbocycles. The largest absolute Gasteiger partial charge is 0.444 e. The Hall–Kier alpha value is -4.21. The molecule has 0 aliphatic carbocycles. The lowest BCUT2D eigenvalue weighted by molar-refractivity contribution is 0.0530. The maximum Gasteiger partial charge on any atom is 0.407 e. The van der Waals surface area contributed by atoms with Gasteiger partial charge in [-0.3, -0.25) is 5.10 Å². The van der Waals surface area contributed by atoms with Crippen molar-refractivity contribution in [1.29, 1.82) is 0 Å². The molecule has 0 bridgehead atoms. The number of rotatable bonds is 9. The van der Waals surface area contributed by atoms with Crippen molar-refractivity contribution < 1.29 is 13.9 Å². The second-order valence-electron chi connectivity index (χ2n) is 10.7. The number of hydrogen-bond donors (Lipinski definition) is 4. The number of aromatic amines is 1. The smallest absolute Gasteiger partial charge is 0.407 e. The van der Waals surface area contributed by atoms with Crippen LogP contribution in [-0.2, 0) is 10.2 Å². The molecule has 0 aliphatic heterocycles. The number of amides is 1. The van der Waals surface area contributed by atoms with Gasteiger partial charge in [-0.05, 0) is 62.7 Å². The number of fused-ring (bicyclic) bond motifs is 1. The molecule has 2 heterocycles. The molecule has 200 valence electrons. The minimum atomic E-state index is -0.538. The van der Waals surface area contributed by atoms with Crippen LogP contribution in [0.3, 0.4) is 0 Å². The number of benzene rings is 2. The normalized spacial score (nSPS) is 11.8. The van der Waals surface area contributed by atoms with Gasteiger partial charge in [0.25, 0.3) is 0 Å². The van der Waals surface area contributed by atoms with Crippen molar-refractivity contribution in [3.05, 3.63) is 66.0 Å². The van der Waals surface area contributed by atoms with Crippen molar-refractivity contribution in [3.8, 4) is 11.3 Å². The third-order valence-electron chi connectivity index (χ3n) is 5.95. The van der Waals surface area contributed by atoms with Crippen LogP contribution in [0, 0.1) is 5.82 Å². The van der Waals surface area contributed by atoms with Crippen LogP contribution in [0.1, 0.15) is 40.2 Å². The zero-order chi connectivity index (χ0) is 27.3. The van der Waals surface area contributed by atoms with Crippen LogP contribution < -0.4 is 16.0 Å². The number of nitrogens with one attached hydrogen (secondary N) is 4. The highest BCUT2D eigenvalue weighted by molar-refractivity contribution is 5.92. The van der Waals surface area contributed by atoms with Gasteiger partial charge in [-0.2, -0.15) is 5.10 Å². The number of halogens is 1. The first-order valence-electron chi connectivity index (χ1n) is 12.5. The van der Waals surface area contributed by atoms with Gasteiger partial charge in [-0.25, -0.2) is 9.18 Å². The molecule has 0 aliphatic rings. The van der Waals surface area contributed by atoms with E-state index in [2.05, 4.69) is 50.2 Å². The van der Waals surface area contributed by atoms with Crippen LogP contribution in [0.15, 0.2) is 54.6 Å². The Labute approximate surface area is 221 Å². The topological polar surface area (TPSA) is 117 Å². The van der Waals surface area contributed by atoms with Crippen molar-refractivity contribution in [2.45, 2.75) is 45.6 Å². The van der Waals surface area contributed by atoms with E-state index in [0.717, 1.165) is 27.7 Å². The van der Waals surface area contributed by atoms with E-state index < -0.39 is 11.7 Å². The number of ether oxygens (including phenoxy) is 1. The minimum Gasteiger partial charge on any atom is -0.444 e. The molecule has 0 radical (unpaired) electrons. The Kier molecular flexibility index (Phi) is 7.80. The van der Waals surface area contributed by atoms with E-state index >= 15 is 0 Å². The highest BCUT2D eigenvalue weighted by Crippen LogP contribution is 2.27. The molecule has 0 saturated heterocycles. The molecule has 0 atom stereocenters. The molecule has 38 heavy (non-hydrogen) atoms. The van der Waals surface area contributed by atoms with Gasteiger partial charge in [0.05, 0.1) is 11.2 Å². The molecule has 2 aromatic heterocycles. The summed E-state index contributed by atoms with van der Waals surface area (Å²) in [7, 11) is 0. The van der Waals surface area contributed by atoms with E-state index in [-0.39, 0.29) is 11.2 Å². The molecule has 0 fully saturated rings. The van der Waals surface area contributed by atoms with Gasteiger partial charge in [-0.15, -0.1) is 10.2 Å². The summed E-state index contributed by atoms with van der Waals surface area (Å²) in [6.07, 6.45) is -0.455. The van der Waals surface area contributed by atoms with Crippen LogP contribution in [0.25, 0.3) is 22.2 Å². The monoisotopic (exact) mass is 519 g/mol. The highest BCUT2D eigenvalue weighted by Gasteiger charge is 2.21. The molecule has 10 heteroatoms. The van der Waals surface area contributed by atoms with Crippen LogP contribution in [0.5, 0.6) is 0 Å². The minimum absolute atomic E-state index is 0.216. The second kappa shape index (κ2) is 11.0. The van der Waals surface area contributed by atoms with Gasteiger partial charge in [0.15, 0.2) is 5.82 Å². The Morgan fingerprint density at radius 3 is 2.39 bits per heavy atom. The number of aromatic nitrogens is 4. The van der Waals surface area contributed by atoms with Gasteiger partial charge < -0.3 is 20.7 Å².